The molecule has 0 bridgehead atoms. The van der Waals surface area contributed by atoms with Gasteiger partial charge in [-0.3, -0.25) is 14.5 Å². The van der Waals surface area contributed by atoms with Crippen molar-refractivity contribution < 1.29 is 22.8 Å². The van der Waals surface area contributed by atoms with Crippen LogP contribution in [0.2, 0.25) is 0 Å². The molecular formula is C35H48F3N3O2. The fraction of sp³-hybridized carbons (Fsp3) is 0.600. The Morgan fingerprint density at radius 2 is 1.56 bits per heavy atom. The fourth-order valence-electron chi connectivity index (χ4n) is 7.29. The molecule has 2 aromatic carbocycles. The first-order chi connectivity index (χ1) is 20.1. The first-order valence-electron chi connectivity index (χ1n) is 15.7. The highest BCUT2D eigenvalue weighted by atomic mass is 19.1. The second-order valence-corrected chi connectivity index (χ2v) is 13.8. The van der Waals surface area contributed by atoms with Gasteiger partial charge in [0.2, 0.25) is 11.8 Å². The van der Waals surface area contributed by atoms with E-state index in [1.54, 1.807) is 24.8 Å². The summed E-state index contributed by atoms with van der Waals surface area (Å²) in [7, 11) is 0. The van der Waals surface area contributed by atoms with E-state index in [-0.39, 0.29) is 47.1 Å². The summed E-state index contributed by atoms with van der Waals surface area (Å²) in [5.74, 6) is -2.20. The number of nitrogens with zero attached hydrogens (tertiary/aromatic N) is 3. The van der Waals surface area contributed by atoms with E-state index >= 15 is 4.39 Å². The minimum absolute atomic E-state index is 0.0205. The Balaban J connectivity index is 1.56. The van der Waals surface area contributed by atoms with Crippen LogP contribution in [0.4, 0.5) is 13.2 Å². The van der Waals surface area contributed by atoms with Gasteiger partial charge in [0, 0.05) is 56.0 Å². The van der Waals surface area contributed by atoms with E-state index in [9.17, 15) is 18.4 Å². The molecule has 2 unspecified atom stereocenters. The van der Waals surface area contributed by atoms with Gasteiger partial charge in [-0.25, -0.2) is 13.2 Å². The Morgan fingerprint density at radius 3 is 2.12 bits per heavy atom. The van der Waals surface area contributed by atoms with Crippen molar-refractivity contribution in [2.24, 2.45) is 5.92 Å². The molecular weight excluding hydrogens is 551 g/mol. The van der Waals surface area contributed by atoms with Crippen molar-refractivity contribution in [1.29, 1.82) is 0 Å². The van der Waals surface area contributed by atoms with Crippen LogP contribution in [-0.4, -0.2) is 64.3 Å². The molecule has 43 heavy (non-hydrogen) atoms. The zero-order valence-corrected chi connectivity index (χ0v) is 27.0. The minimum Gasteiger partial charge on any atom is -0.342 e. The molecule has 8 heteroatoms. The maximum Gasteiger partial charge on any atom is 0.226 e. The number of carbonyl (C=O) groups is 2. The van der Waals surface area contributed by atoms with Gasteiger partial charge in [0.05, 0.1) is 6.04 Å². The van der Waals surface area contributed by atoms with Crippen LogP contribution in [0.1, 0.15) is 108 Å². The molecule has 0 spiro atoms. The van der Waals surface area contributed by atoms with Crippen LogP contribution in [0, 0.1) is 30.3 Å². The molecule has 5 nitrogen and oxygen atoms in total. The van der Waals surface area contributed by atoms with Crippen LogP contribution in [0.5, 0.6) is 0 Å². The summed E-state index contributed by atoms with van der Waals surface area (Å²) < 4.78 is 43.7. The third-order valence-electron chi connectivity index (χ3n) is 9.64. The number of hydrogen-bond acceptors (Lipinski definition) is 3. The van der Waals surface area contributed by atoms with E-state index < -0.39 is 17.6 Å². The number of piperidine rings is 2. The van der Waals surface area contributed by atoms with Gasteiger partial charge >= 0.3 is 0 Å². The van der Waals surface area contributed by atoms with Crippen LogP contribution in [0.3, 0.4) is 0 Å². The Bertz CT molecular complexity index is 1330. The van der Waals surface area contributed by atoms with E-state index in [0.29, 0.717) is 50.0 Å². The monoisotopic (exact) mass is 599 g/mol. The van der Waals surface area contributed by atoms with Gasteiger partial charge in [0.1, 0.15) is 17.5 Å². The van der Waals surface area contributed by atoms with Gasteiger partial charge in [-0.05, 0) is 115 Å². The Morgan fingerprint density at radius 1 is 0.907 bits per heavy atom. The lowest BCUT2D eigenvalue weighted by Crippen LogP contribution is -2.53. The lowest BCUT2D eigenvalue weighted by molar-refractivity contribution is -0.139. The van der Waals surface area contributed by atoms with Crippen LogP contribution in [-0.2, 0) is 9.59 Å². The molecule has 236 valence electrons. The quantitative estimate of drug-likeness (QED) is 0.349. The molecule has 4 rings (SSSR count). The number of halogens is 3. The van der Waals surface area contributed by atoms with E-state index in [1.807, 2.05) is 31.7 Å². The van der Waals surface area contributed by atoms with Crippen molar-refractivity contribution in [3.05, 3.63) is 70.0 Å². The smallest absolute Gasteiger partial charge is 0.226 e. The Kier molecular flexibility index (Phi) is 9.99. The third-order valence-corrected chi connectivity index (χ3v) is 9.64. The summed E-state index contributed by atoms with van der Waals surface area (Å²) in [4.78, 5) is 32.5. The van der Waals surface area contributed by atoms with Crippen LogP contribution in [0.25, 0.3) is 0 Å². The van der Waals surface area contributed by atoms with E-state index in [2.05, 4.69) is 25.7 Å². The second-order valence-electron chi connectivity index (χ2n) is 13.8. The number of rotatable bonds is 6. The normalized spacial score (nSPS) is 21.3. The number of aryl methyl sites for hydroxylation is 1. The molecule has 0 aliphatic carbocycles. The van der Waals surface area contributed by atoms with Gasteiger partial charge in [-0.1, -0.05) is 12.1 Å². The molecule has 2 saturated heterocycles. The highest BCUT2D eigenvalue weighted by Gasteiger charge is 2.42. The summed E-state index contributed by atoms with van der Waals surface area (Å²) >= 11 is 0. The van der Waals surface area contributed by atoms with Crippen LogP contribution in [0.15, 0.2) is 30.3 Å². The van der Waals surface area contributed by atoms with Gasteiger partial charge < -0.3 is 9.80 Å². The Hall–Kier alpha value is -2.87. The van der Waals surface area contributed by atoms with Crippen LogP contribution >= 0.6 is 0 Å². The average Bonchev–Trinajstić information content (AvgIpc) is 2.93. The summed E-state index contributed by atoms with van der Waals surface area (Å²) in [5.41, 5.74) is 2.67. The summed E-state index contributed by atoms with van der Waals surface area (Å²) in [6.07, 6.45) is 2.04. The summed E-state index contributed by atoms with van der Waals surface area (Å²) in [5, 5.41) is 0. The summed E-state index contributed by atoms with van der Waals surface area (Å²) in [6, 6.07) is 6.85. The highest BCUT2D eigenvalue weighted by molar-refractivity contribution is 5.80. The van der Waals surface area contributed by atoms with E-state index in [4.69, 9.17) is 0 Å². The Labute approximate surface area is 255 Å². The number of likely N-dealkylation sites (tertiary alicyclic amines) is 2. The molecule has 3 atom stereocenters. The first-order valence-corrected chi connectivity index (χ1v) is 15.7. The van der Waals surface area contributed by atoms with Crippen LogP contribution < -0.4 is 0 Å². The van der Waals surface area contributed by atoms with Gasteiger partial charge in [0.25, 0.3) is 0 Å². The number of amides is 2. The summed E-state index contributed by atoms with van der Waals surface area (Å²) in [6.45, 7) is 17.9. The van der Waals surface area contributed by atoms with Crippen molar-refractivity contribution in [1.82, 2.24) is 14.7 Å². The standard InChI is InChI=1S/C35H48F3N3O2/c1-21(2)41(24(5)42)23(4)29-19-32(37)22(3)17-30(29)25-11-14-39(15-12-25)34(43)28-13-16-40(35(6,7)8)20-31(28)27-10-9-26(36)18-33(27)38/h9-10,17-19,21,23,25,28,31H,11-16,20H2,1-8H3/t23?,28-,31?/m1/s1. The molecule has 2 aromatic rings. The van der Waals surface area contributed by atoms with Gasteiger partial charge in [-0.15, -0.1) is 0 Å². The minimum atomic E-state index is -0.626. The molecule has 2 amide bonds. The largest absolute Gasteiger partial charge is 0.342 e. The van der Waals surface area contributed by atoms with Crippen molar-refractivity contribution in [2.45, 2.75) is 104 Å². The highest BCUT2D eigenvalue weighted by Crippen LogP contribution is 2.40. The maximum atomic E-state index is 15.1. The van der Waals surface area contributed by atoms with E-state index in [1.165, 1.54) is 12.1 Å². The molecule has 2 aliphatic heterocycles. The molecule has 0 N–H and O–H groups in total. The second kappa shape index (κ2) is 13.0. The molecule has 0 saturated carbocycles. The third kappa shape index (κ3) is 7.11. The topological polar surface area (TPSA) is 43.9 Å². The maximum absolute atomic E-state index is 15.1. The van der Waals surface area contributed by atoms with Crippen molar-refractivity contribution in [3.8, 4) is 0 Å². The van der Waals surface area contributed by atoms with Gasteiger partial charge in [0.15, 0.2) is 0 Å². The SMILES string of the molecule is CC(=O)N(C(C)C)C(C)c1cc(F)c(C)cc1C1CCN(C(=O)[C@@H]2CCN(C(C)(C)C)CC2c2ccc(F)cc2F)CC1. The molecule has 0 aromatic heterocycles. The molecule has 2 heterocycles. The predicted octanol–water partition coefficient (Wildman–Crippen LogP) is 7.34. The van der Waals surface area contributed by atoms with E-state index in [0.717, 1.165) is 23.7 Å². The lowest BCUT2D eigenvalue weighted by Gasteiger charge is -2.46. The molecule has 2 aliphatic rings. The fourth-order valence-corrected chi connectivity index (χ4v) is 7.29. The zero-order valence-electron chi connectivity index (χ0n) is 27.0. The zero-order chi connectivity index (χ0) is 31.8. The molecule has 0 radical (unpaired) electrons. The van der Waals surface area contributed by atoms with Crippen molar-refractivity contribution in [3.63, 3.8) is 0 Å². The lowest BCUT2D eigenvalue weighted by atomic mass is 9.77. The first kappa shape index (κ1) is 33.0. The predicted molar refractivity (Wildman–Crippen MR) is 164 cm³/mol. The van der Waals surface area contributed by atoms with Crippen molar-refractivity contribution in [2.75, 3.05) is 26.2 Å². The van der Waals surface area contributed by atoms with Gasteiger partial charge in [-0.2, -0.15) is 0 Å². The average molecular weight is 600 g/mol. The number of hydrogen-bond donors (Lipinski definition) is 0. The number of carbonyl (C=O) groups excluding carboxylic acids is 2. The molecule has 2 fully saturated rings. The number of benzene rings is 2. The van der Waals surface area contributed by atoms with Crippen molar-refractivity contribution >= 4 is 11.8 Å².